The molecule has 1 saturated carbocycles. The summed E-state index contributed by atoms with van der Waals surface area (Å²) >= 11 is 0. The molecule has 4 rings (SSSR count). The average molecular weight is 1070 g/mol. The summed E-state index contributed by atoms with van der Waals surface area (Å²) in [5, 5.41) is 35.2. The molecule has 424 valence electrons. The Balaban J connectivity index is 1.67. The van der Waals surface area contributed by atoms with Crippen molar-refractivity contribution in [1.29, 1.82) is 5.26 Å². The van der Waals surface area contributed by atoms with E-state index in [0.717, 1.165) is 10.5 Å². The highest BCUT2D eigenvalue weighted by atomic mass is 16.6. The summed E-state index contributed by atoms with van der Waals surface area (Å²) in [6.45, 7) is 14.0. The molecule has 16 atom stereocenters. The highest BCUT2D eigenvalue weighted by molar-refractivity contribution is 6.39. The zero-order valence-corrected chi connectivity index (χ0v) is 46.5. The van der Waals surface area contributed by atoms with Crippen molar-refractivity contribution in [1.82, 2.24) is 10.2 Å². The molecular formula is C57H85N3O16. The molecule has 19 heteroatoms. The molecule has 3 heterocycles. The molecule has 76 heavy (non-hydrogen) atoms. The van der Waals surface area contributed by atoms with Crippen molar-refractivity contribution in [2.24, 2.45) is 35.5 Å². The van der Waals surface area contributed by atoms with Crippen molar-refractivity contribution in [3.05, 3.63) is 47.6 Å². The first-order chi connectivity index (χ1) is 36.0. The van der Waals surface area contributed by atoms with E-state index in [1.165, 1.54) is 14.2 Å². The molecule has 2 amide bonds. The van der Waals surface area contributed by atoms with Gasteiger partial charge in [0.15, 0.2) is 5.78 Å². The van der Waals surface area contributed by atoms with Crippen LogP contribution in [0.5, 0.6) is 0 Å². The Morgan fingerprint density at radius 3 is 2.29 bits per heavy atom. The molecule has 19 nitrogen and oxygen atoms in total. The van der Waals surface area contributed by atoms with Gasteiger partial charge in [0, 0.05) is 58.5 Å². The maximum absolute atomic E-state index is 14.6. The van der Waals surface area contributed by atoms with E-state index >= 15 is 0 Å². The van der Waals surface area contributed by atoms with Gasteiger partial charge >= 0.3 is 18.0 Å². The molecule has 10 unspecified atom stereocenters. The van der Waals surface area contributed by atoms with Crippen LogP contribution in [0.1, 0.15) is 132 Å². The van der Waals surface area contributed by atoms with Crippen LogP contribution in [0.25, 0.3) is 0 Å². The lowest BCUT2D eigenvalue weighted by Gasteiger charge is -2.42. The van der Waals surface area contributed by atoms with Gasteiger partial charge in [-0.2, -0.15) is 5.26 Å². The lowest BCUT2D eigenvalue weighted by molar-refractivity contribution is -0.265. The van der Waals surface area contributed by atoms with Crippen LogP contribution in [0.2, 0.25) is 0 Å². The first-order valence-electron chi connectivity index (χ1n) is 27.1. The number of cyclic esters (lactones) is 1. The number of esters is 2. The maximum Gasteiger partial charge on any atom is 0.409 e. The van der Waals surface area contributed by atoms with Gasteiger partial charge in [-0.3, -0.25) is 24.5 Å². The van der Waals surface area contributed by atoms with Crippen molar-refractivity contribution in [3.8, 4) is 6.07 Å². The molecule has 3 aliphatic heterocycles. The second-order valence-corrected chi connectivity index (χ2v) is 21.4. The standard InChI is InChI=1S/C57H85N3O16/c1-12-73-54(66)42(32-58)59-56(68)75-45-24-22-40(29-48(45)71-10)28-36(5)47-31-44(61)35(4)27-38(7)50(63)51(72-11)49(62)37(6)26-33(2)18-14-13-15-19-34(3)46(70-9)30-41-23-21-39(8)57(69,76-41)52(64)53(65)60-25-17-16-20-43(60)55(67)74-47/h13-15,18-19,27,33,35-37,39-43,45-48,50-51,63,69H,12,16-17,20-26,28-31H2,1-11H3,(H,59,68)/b15-13+,18-14+,34-19+,38-27+/t33?,35?,36?,37-,39-,40?,41?,42?,43+,45-,46?,47?,48?,50-,51?,57-/m1/s1. The molecule has 3 N–H and O–H groups in total. The highest BCUT2D eigenvalue weighted by Crippen LogP contribution is 2.38. The third kappa shape index (κ3) is 17.2. The molecular weight excluding hydrogens is 983 g/mol. The largest absolute Gasteiger partial charge is 0.464 e. The number of fused-ring (bicyclic) bond motifs is 3. The van der Waals surface area contributed by atoms with Crippen LogP contribution in [-0.4, -0.2) is 151 Å². The number of nitriles is 1. The number of ketones is 3. The van der Waals surface area contributed by atoms with Gasteiger partial charge in [-0.1, -0.05) is 71.1 Å². The summed E-state index contributed by atoms with van der Waals surface area (Å²) in [5.74, 6) is -9.75. The summed E-state index contributed by atoms with van der Waals surface area (Å²) in [6, 6.07) is -1.10. The van der Waals surface area contributed by atoms with Crippen molar-refractivity contribution in [3.63, 3.8) is 0 Å². The average Bonchev–Trinajstić information content (AvgIpc) is 3.39. The first-order valence-corrected chi connectivity index (χ1v) is 27.1. The number of Topliss-reactive ketones (excluding diaryl/α,β-unsaturated/α-hetero) is 3. The number of alkyl carbamates (subject to hydrolysis) is 1. The topological polar surface area (TPSA) is 264 Å². The number of hydrogen-bond donors (Lipinski definition) is 3. The monoisotopic (exact) mass is 1070 g/mol. The number of piperidine rings is 1. The van der Waals surface area contributed by atoms with Crippen LogP contribution >= 0.6 is 0 Å². The fourth-order valence-electron chi connectivity index (χ4n) is 10.9. The van der Waals surface area contributed by atoms with E-state index in [-0.39, 0.29) is 55.8 Å². The van der Waals surface area contributed by atoms with Crippen molar-refractivity contribution in [2.75, 3.05) is 34.5 Å². The highest BCUT2D eigenvalue weighted by Gasteiger charge is 2.53. The van der Waals surface area contributed by atoms with Gasteiger partial charge in [-0.05, 0) is 114 Å². The van der Waals surface area contributed by atoms with Gasteiger partial charge in [-0.15, -0.1) is 0 Å². The van der Waals surface area contributed by atoms with E-state index in [4.69, 9.17) is 33.2 Å². The molecule has 4 aliphatic rings. The molecule has 0 aromatic carbocycles. The summed E-state index contributed by atoms with van der Waals surface area (Å²) in [5.41, 5.74) is 1.19. The summed E-state index contributed by atoms with van der Waals surface area (Å²) < 4.78 is 40.1. The second-order valence-electron chi connectivity index (χ2n) is 21.4. The molecule has 2 saturated heterocycles. The van der Waals surface area contributed by atoms with E-state index in [9.17, 15) is 49.0 Å². The molecule has 0 spiro atoms. The van der Waals surface area contributed by atoms with Gasteiger partial charge < -0.3 is 48.3 Å². The zero-order valence-electron chi connectivity index (χ0n) is 46.5. The van der Waals surface area contributed by atoms with Crippen LogP contribution in [-0.2, 0) is 61.9 Å². The SMILES string of the molecule is CCOC(=O)C(C#N)NC(=O)O[C@@H]1CCC(CC(C)C2CC(=O)C(C)/C=C(\C)[C@@H](O)C(OC)C(=O)[C@H](C)CC(C)/C=C/C=C/C=C(\C)C(OC)CC3CC[C@@H](C)[C@@](O)(O3)C(=O)C(=O)N3CCCC[C@H]3C(=O)O2)CC1OC. The Bertz CT molecular complexity index is 2180. The predicted molar refractivity (Wildman–Crippen MR) is 279 cm³/mol. The van der Waals surface area contributed by atoms with Crippen LogP contribution < -0.4 is 5.32 Å². The van der Waals surface area contributed by atoms with Crippen molar-refractivity contribution in [2.45, 2.75) is 193 Å². The minimum absolute atomic E-state index is 0.0140. The van der Waals surface area contributed by atoms with E-state index in [1.54, 1.807) is 53.9 Å². The minimum atomic E-state index is -2.48. The normalized spacial score (nSPS) is 36.3. The summed E-state index contributed by atoms with van der Waals surface area (Å²) in [7, 11) is 4.38. The molecule has 3 fully saturated rings. The number of rotatable bonds is 10. The van der Waals surface area contributed by atoms with Crippen LogP contribution in [0.4, 0.5) is 4.79 Å². The molecule has 0 radical (unpaired) electrons. The number of methoxy groups -OCH3 is 3. The van der Waals surface area contributed by atoms with Gasteiger partial charge in [0.1, 0.15) is 36.2 Å². The van der Waals surface area contributed by atoms with E-state index in [2.05, 4.69) is 5.32 Å². The Morgan fingerprint density at radius 2 is 1.63 bits per heavy atom. The van der Waals surface area contributed by atoms with E-state index in [1.807, 2.05) is 51.2 Å². The molecule has 1 aliphatic carbocycles. The lowest BCUT2D eigenvalue weighted by atomic mass is 9.78. The Morgan fingerprint density at radius 1 is 0.908 bits per heavy atom. The predicted octanol–water partition coefficient (Wildman–Crippen LogP) is 6.37. The fourth-order valence-corrected chi connectivity index (χ4v) is 10.9. The number of hydrogen-bond acceptors (Lipinski definition) is 17. The minimum Gasteiger partial charge on any atom is -0.464 e. The number of nitrogens with zero attached hydrogens (tertiary/aromatic N) is 2. The number of carbonyl (C=O) groups is 7. The Hall–Kier alpha value is -5.10. The Kier molecular flexibility index (Phi) is 25.2. The number of aliphatic hydroxyl groups is 2. The quantitative estimate of drug-likeness (QED) is 0.0929. The Labute approximate surface area is 449 Å². The third-order valence-corrected chi connectivity index (χ3v) is 15.6. The maximum atomic E-state index is 14.6. The van der Waals surface area contributed by atoms with Crippen molar-refractivity contribution < 1.29 is 76.9 Å². The lowest BCUT2D eigenvalue weighted by Crippen LogP contribution is -2.61. The van der Waals surface area contributed by atoms with Crippen LogP contribution in [0.3, 0.4) is 0 Å². The third-order valence-electron chi connectivity index (χ3n) is 15.6. The zero-order chi connectivity index (χ0) is 56.4. The van der Waals surface area contributed by atoms with Gasteiger partial charge in [0.2, 0.25) is 11.8 Å². The van der Waals surface area contributed by atoms with Gasteiger partial charge in [0.25, 0.3) is 11.7 Å². The van der Waals surface area contributed by atoms with Gasteiger partial charge in [-0.25, -0.2) is 14.4 Å². The fraction of sp³-hybridized carbons (Fsp3) is 0.719. The number of ether oxygens (including phenoxy) is 7. The smallest absolute Gasteiger partial charge is 0.409 e. The van der Waals surface area contributed by atoms with Gasteiger partial charge in [0.05, 0.1) is 31.0 Å². The molecule has 0 aromatic heterocycles. The number of nitrogens with one attached hydrogen (secondary N) is 1. The van der Waals surface area contributed by atoms with E-state index in [0.29, 0.717) is 63.4 Å². The van der Waals surface area contributed by atoms with Crippen LogP contribution in [0, 0.1) is 46.8 Å². The number of carbonyl (C=O) groups excluding carboxylic acids is 7. The number of aliphatic hydroxyl groups excluding tert-OH is 1. The van der Waals surface area contributed by atoms with Crippen molar-refractivity contribution >= 4 is 41.3 Å². The number of allylic oxidation sites excluding steroid dienone is 6. The first kappa shape index (κ1) is 63.4. The van der Waals surface area contributed by atoms with E-state index < -0.39 is 114 Å². The summed E-state index contributed by atoms with van der Waals surface area (Å²) in [4.78, 5) is 97.5. The van der Waals surface area contributed by atoms with Crippen LogP contribution in [0.15, 0.2) is 47.6 Å². The molecule has 0 aromatic rings. The second kappa shape index (κ2) is 30.2. The molecule has 2 bridgehead atoms. The number of amides is 2. The summed E-state index contributed by atoms with van der Waals surface area (Å²) in [6.07, 6.45) is 8.21.